The van der Waals surface area contributed by atoms with Crippen LogP contribution in [-0.4, -0.2) is 23.9 Å². The van der Waals surface area contributed by atoms with E-state index in [0.717, 1.165) is 0 Å². The maximum Gasteiger partial charge on any atom is 0.342 e. The fraction of sp³-hybridized carbons (Fsp3) is 0.538. The van der Waals surface area contributed by atoms with Gasteiger partial charge in [-0.25, -0.2) is 9.59 Å². The van der Waals surface area contributed by atoms with Crippen molar-refractivity contribution in [2.45, 2.75) is 40.5 Å². The molecule has 0 aromatic carbocycles. The second-order valence-electron chi connectivity index (χ2n) is 5.29. The van der Waals surface area contributed by atoms with E-state index in [1.807, 2.05) is 0 Å². The quantitative estimate of drug-likeness (QED) is 0.566. The van der Waals surface area contributed by atoms with Crippen LogP contribution in [0.1, 0.15) is 40.5 Å². The van der Waals surface area contributed by atoms with Gasteiger partial charge in [-0.3, -0.25) is 9.59 Å². The molecule has 0 amide bonds. The van der Waals surface area contributed by atoms with E-state index >= 15 is 0 Å². The summed E-state index contributed by atoms with van der Waals surface area (Å²) in [5.74, 6) is -2.79. The number of carbonyl (C=O) groups excluding carboxylic acids is 4. The van der Waals surface area contributed by atoms with Crippen molar-refractivity contribution in [3.05, 3.63) is 11.1 Å². The minimum Gasteiger partial charge on any atom is -0.393 e. The van der Waals surface area contributed by atoms with Gasteiger partial charge in [-0.2, -0.15) is 0 Å². The summed E-state index contributed by atoms with van der Waals surface area (Å²) in [6.45, 7) is 6.33. The lowest BCUT2D eigenvalue weighted by Crippen LogP contribution is -2.25. The third-order valence-corrected chi connectivity index (χ3v) is 2.59. The first-order chi connectivity index (χ1) is 8.62. The Bertz CT molecular complexity index is 478. The predicted octanol–water partition coefficient (Wildman–Crippen LogP) is 1.28. The summed E-state index contributed by atoms with van der Waals surface area (Å²) in [6.07, 6.45) is -0.135. The molecule has 0 aromatic heterocycles. The Balaban J connectivity index is 2.55. The van der Waals surface area contributed by atoms with Crippen LogP contribution in [0, 0.1) is 5.41 Å². The van der Waals surface area contributed by atoms with E-state index in [9.17, 15) is 19.2 Å². The van der Waals surface area contributed by atoms with Crippen LogP contribution in [0.4, 0.5) is 0 Å². The van der Waals surface area contributed by atoms with Crippen LogP contribution in [0.2, 0.25) is 0 Å². The van der Waals surface area contributed by atoms with Gasteiger partial charge in [0, 0.05) is 11.1 Å². The molecule has 104 valence electrons. The zero-order valence-corrected chi connectivity index (χ0v) is 11.4. The largest absolute Gasteiger partial charge is 0.393 e. The van der Waals surface area contributed by atoms with Crippen molar-refractivity contribution < 1.29 is 28.7 Å². The third kappa shape index (κ3) is 3.74. The second-order valence-corrected chi connectivity index (χ2v) is 5.29. The maximum atomic E-state index is 11.5. The van der Waals surface area contributed by atoms with Crippen molar-refractivity contribution in [2.24, 2.45) is 5.41 Å². The lowest BCUT2D eigenvalue weighted by Gasteiger charge is -2.15. The highest BCUT2D eigenvalue weighted by Crippen LogP contribution is 2.22. The maximum absolute atomic E-state index is 11.5. The first-order valence-corrected chi connectivity index (χ1v) is 5.84. The molecule has 0 N–H and O–H groups in total. The van der Waals surface area contributed by atoms with Crippen molar-refractivity contribution in [1.29, 1.82) is 0 Å². The summed E-state index contributed by atoms with van der Waals surface area (Å²) in [5, 5.41) is 0. The van der Waals surface area contributed by atoms with Crippen molar-refractivity contribution in [2.75, 3.05) is 0 Å². The summed E-state index contributed by atoms with van der Waals surface area (Å²) in [5.41, 5.74) is -0.419. The van der Waals surface area contributed by atoms with Gasteiger partial charge in [0.1, 0.15) is 0 Å². The number of carbonyl (C=O) groups is 4. The van der Waals surface area contributed by atoms with E-state index in [4.69, 9.17) is 0 Å². The van der Waals surface area contributed by atoms with Gasteiger partial charge in [0.15, 0.2) is 0 Å². The van der Waals surface area contributed by atoms with Crippen molar-refractivity contribution in [1.82, 2.24) is 0 Å². The van der Waals surface area contributed by atoms with Gasteiger partial charge >= 0.3 is 23.9 Å². The summed E-state index contributed by atoms with van der Waals surface area (Å²) in [7, 11) is 0. The van der Waals surface area contributed by atoms with E-state index in [-0.39, 0.29) is 24.0 Å². The number of hydrogen-bond acceptors (Lipinski definition) is 6. The number of hydrogen-bond donors (Lipinski definition) is 0. The standard InChI is InChI=1S/C13H16O6/c1-7-8(11(16)19-10(7)15)5-6-9(14)18-12(17)13(2,3)4/h5-6H2,1-4H3. The van der Waals surface area contributed by atoms with Crippen molar-refractivity contribution >= 4 is 23.9 Å². The molecule has 1 rings (SSSR count). The van der Waals surface area contributed by atoms with Crippen molar-refractivity contribution in [3.63, 3.8) is 0 Å². The van der Waals surface area contributed by atoms with Crippen LogP contribution in [-0.2, 0) is 28.7 Å². The zero-order chi connectivity index (χ0) is 14.8. The molecule has 0 fully saturated rings. The average molecular weight is 268 g/mol. The molecule has 6 heteroatoms. The fourth-order valence-electron chi connectivity index (χ4n) is 1.32. The molecule has 0 saturated heterocycles. The highest BCUT2D eigenvalue weighted by atomic mass is 16.6. The first kappa shape index (κ1) is 15.1. The fourth-order valence-corrected chi connectivity index (χ4v) is 1.32. The van der Waals surface area contributed by atoms with Crippen LogP contribution in [0.25, 0.3) is 0 Å². The van der Waals surface area contributed by atoms with Crippen LogP contribution < -0.4 is 0 Å². The molecule has 0 aromatic rings. The number of rotatable bonds is 3. The van der Waals surface area contributed by atoms with Gasteiger partial charge in [-0.15, -0.1) is 0 Å². The minimum absolute atomic E-state index is 0.0205. The molecule has 0 aliphatic carbocycles. The number of ether oxygens (including phenoxy) is 2. The van der Waals surface area contributed by atoms with Gasteiger partial charge in [-0.05, 0) is 34.1 Å². The Labute approximate surface area is 110 Å². The molecule has 6 nitrogen and oxygen atoms in total. The second kappa shape index (κ2) is 5.34. The highest BCUT2D eigenvalue weighted by molar-refractivity contribution is 6.12. The number of esters is 4. The first-order valence-electron chi connectivity index (χ1n) is 5.84. The average Bonchev–Trinajstić information content (AvgIpc) is 2.49. The monoisotopic (exact) mass is 268 g/mol. The molecule has 0 saturated carbocycles. The normalized spacial score (nSPS) is 15.6. The Morgan fingerprint density at radius 3 is 2.16 bits per heavy atom. The smallest absolute Gasteiger partial charge is 0.342 e. The van der Waals surface area contributed by atoms with Crippen LogP contribution >= 0.6 is 0 Å². The summed E-state index contributed by atoms with van der Waals surface area (Å²) in [4.78, 5) is 45.2. The van der Waals surface area contributed by atoms with E-state index in [0.29, 0.717) is 0 Å². The Morgan fingerprint density at radius 1 is 1.16 bits per heavy atom. The molecule has 0 radical (unpaired) electrons. The van der Waals surface area contributed by atoms with E-state index in [2.05, 4.69) is 9.47 Å². The summed E-state index contributed by atoms with van der Waals surface area (Å²) < 4.78 is 9.02. The predicted molar refractivity (Wildman–Crippen MR) is 63.6 cm³/mol. The summed E-state index contributed by atoms with van der Waals surface area (Å²) >= 11 is 0. The molecule has 1 heterocycles. The molecular formula is C13H16O6. The zero-order valence-electron chi connectivity index (χ0n) is 11.4. The summed E-state index contributed by atoms with van der Waals surface area (Å²) in [6, 6.07) is 0. The van der Waals surface area contributed by atoms with Crippen molar-refractivity contribution in [3.8, 4) is 0 Å². The topological polar surface area (TPSA) is 86.7 Å². The Kier molecular flexibility index (Phi) is 4.24. The minimum atomic E-state index is -0.771. The van der Waals surface area contributed by atoms with Gasteiger partial charge in [-0.1, -0.05) is 0 Å². The van der Waals surface area contributed by atoms with Gasteiger partial charge < -0.3 is 9.47 Å². The van der Waals surface area contributed by atoms with Crippen LogP contribution in [0.15, 0.2) is 11.1 Å². The van der Waals surface area contributed by atoms with Crippen LogP contribution in [0.5, 0.6) is 0 Å². The lowest BCUT2D eigenvalue weighted by atomic mass is 9.97. The van der Waals surface area contributed by atoms with Gasteiger partial charge in [0.25, 0.3) is 0 Å². The number of cyclic esters (lactones) is 2. The Morgan fingerprint density at radius 2 is 1.74 bits per heavy atom. The molecule has 1 aliphatic heterocycles. The molecule has 0 spiro atoms. The Hall–Kier alpha value is -1.98. The third-order valence-electron chi connectivity index (χ3n) is 2.59. The SMILES string of the molecule is CC1=C(CCC(=O)OC(=O)C(C)(C)C)C(=O)OC1=O. The molecule has 19 heavy (non-hydrogen) atoms. The lowest BCUT2D eigenvalue weighted by molar-refractivity contribution is -0.165. The molecule has 0 bridgehead atoms. The van der Waals surface area contributed by atoms with E-state index < -0.39 is 29.3 Å². The van der Waals surface area contributed by atoms with Gasteiger partial charge in [0.2, 0.25) is 0 Å². The van der Waals surface area contributed by atoms with Crippen LogP contribution in [0.3, 0.4) is 0 Å². The molecule has 1 aliphatic rings. The van der Waals surface area contributed by atoms with Gasteiger partial charge in [0.05, 0.1) is 11.8 Å². The van der Waals surface area contributed by atoms with E-state index in [1.54, 1.807) is 20.8 Å². The molecule has 0 atom stereocenters. The van der Waals surface area contributed by atoms with E-state index in [1.165, 1.54) is 6.92 Å². The molecule has 0 unspecified atom stereocenters. The molecular weight excluding hydrogens is 252 g/mol. The highest BCUT2D eigenvalue weighted by Gasteiger charge is 2.31.